The Labute approximate surface area is 159 Å². The summed E-state index contributed by atoms with van der Waals surface area (Å²) in [6.45, 7) is 13.8. The van der Waals surface area contributed by atoms with Gasteiger partial charge in [-0.1, -0.05) is 34.9 Å². The zero-order valence-corrected chi connectivity index (χ0v) is 17.6. The minimum Gasteiger partial charge on any atom is -0.289 e. The van der Waals surface area contributed by atoms with Crippen molar-refractivity contribution >= 4 is 11.6 Å². The van der Waals surface area contributed by atoms with Crippen molar-refractivity contribution in [3.63, 3.8) is 0 Å². The van der Waals surface area contributed by atoms with E-state index in [-0.39, 0.29) is 11.6 Å². The van der Waals surface area contributed by atoms with Crippen LogP contribution in [0.3, 0.4) is 0 Å². The van der Waals surface area contributed by atoms with Crippen LogP contribution in [0.2, 0.25) is 0 Å². The Bertz CT molecular complexity index is 717. The van der Waals surface area contributed by atoms with Crippen LogP contribution in [0, 0.1) is 0 Å². The lowest BCUT2D eigenvalue weighted by molar-refractivity contribution is -0.116. The molecule has 0 saturated carbocycles. The molecule has 0 atom stereocenters. The van der Waals surface area contributed by atoms with Gasteiger partial charge >= 0.3 is 0 Å². The second-order valence-electron chi connectivity index (χ2n) is 7.68. The Hall–Kier alpha value is -1.96. The Balaban J connectivity index is 2.60. The molecule has 0 radical (unpaired) electrons. The van der Waals surface area contributed by atoms with Crippen molar-refractivity contribution in [3.05, 3.63) is 57.2 Å². The normalized spacial score (nSPS) is 16.6. The molecule has 0 aromatic rings. The topological polar surface area (TPSA) is 34.1 Å². The lowest BCUT2D eigenvalue weighted by Crippen LogP contribution is -2.20. The van der Waals surface area contributed by atoms with Crippen molar-refractivity contribution < 1.29 is 9.59 Å². The van der Waals surface area contributed by atoms with Crippen LogP contribution in [0.15, 0.2) is 57.2 Å². The first kappa shape index (κ1) is 22.1. The predicted octanol–water partition coefficient (Wildman–Crippen LogP) is 6.60. The average molecular weight is 355 g/mol. The van der Waals surface area contributed by atoms with Gasteiger partial charge in [0.2, 0.25) is 0 Å². The lowest BCUT2D eigenvalue weighted by Gasteiger charge is -2.17. The van der Waals surface area contributed by atoms with Gasteiger partial charge in [-0.15, -0.1) is 0 Å². The molecule has 1 aliphatic carbocycles. The average Bonchev–Trinajstić information content (AvgIpc) is 2.58. The Morgan fingerprint density at radius 2 is 1.19 bits per heavy atom. The second kappa shape index (κ2) is 10.3. The van der Waals surface area contributed by atoms with Crippen LogP contribution in [-0.4, -0.2) is 11.6 Å². The van der Waals surface area contributed by atoms with E-state index in [4.69, 9.17) is 0 Å². The number of rotatable bonds is 8. The summed E-state index contributed by atoms with van der Waals surface area (Å²) in [6, 6.07) is 0. The summed E-state index contributed by atoms with van der Waals surface area (Å²) < 4.78 is 0. The van der Waals surface area contributed by atoms with E-state index in [1.165, 1.54) is 16.7 Å². The van der Waals surface area contributed by atoms with Crippen molar-refractivity contribution in [1.82, 2.24) is 0 Å². The molecule has 0 unspecified atom stereocenters. The van der Waals surface area contributed by atoms with E-state index < -0.39 is 0 Å². The SMILES string of the molecule is CC(C)=CCC/C(C)=C/CC/C(C)=C/CC1=C(C)C(=O)C(C)=C(C)C1=O. The van der Waals surface area contributed by atoms with Gasteiger partial charge < -0.3 is 0 Å². The number of ketones is 2. The third-order valence-corrected chi connectivity index (χ3v) is 5.09. The molecule has 0 fully saturated rings. The highest BCUT2D eigenvalue weighted by atomic mass is 16.1. The highest BCUT2D eigenvalue weighted by Crippen LogP contribution is 2.27. The third kappa shape index (κ3) is 6.40. The summed E-state index contributed by atoms with van der Waals surface area (Å²) in [6.07, 6.45) is 11.5. The molecule has 0 amide bonds. The van der Waals surface area contributed by atoms with Crippen LogP contribution in [-0.2, 0) is 9.59 Å². The number of Topliss-reactive ketones (excluding diaryl/α,β-unsaturated/α-hetero) is 2. The van der Waals surface area contributed by atoms with E-state index in [0.29, 0.717) is 28.7 Å². The van der Waals surface area contributed by atoms with Crippen LogP contribution in [0.5, 0.6) is 0 Å². The van der Waals surface area contributed by atoms with E-state index in [9.17, 15) is 9.59 Å². The molecule has 26 heavy (non-hydrogen) atoms. The summed E-state index contributed by atoms with van der Waals surface area (Å²) in [7, 11) is 0. The molecule has 1 rings (SSSR count). The van der Waals surface area contributed by atoms with Crippen LogP contribution in [0.25, 0.3) is 0 Å². The van der Waals surface area contributed by atoms with Gasteiger partial charge in [-0.3, -0.25) is 9.59 Å². The van der Waals surface area contributed by atoms with Gasteiger partial charge in [0.25, 0.3) is 0 Å². The first-order valence-electron chi connectivity index (χ1n) is 9.56. The number of carbonyl (C=O) groups excluding carboxylic acids is 2. The van der Waals surface area contributed by atoms with Crippen LogP contribution in [0.1, 0.15) is 80.6 Å². The monoisotopic (exact) mass is 354 g/mol. The van der Waals surface area contributed by atoms with Crippen LogP contribution < -0.4 is 0 Å². The van der Waals surface area contributed by atoms with Crippen molar-refractivity contribution in [2.45, 2.75) is 80.6 Å². The molecule has 0 N–H and O–H groups in total. The molecule has 142 valence electrons. The maximum Gasteiger partial charge on any atom is 0.185 e. The van der Waals surface area contributed by atoms with Gasteiger partial charge in [-0.25, -0.2) is 0 Å². The maximum atomic E-state index is 12.4. The molecular weight excluding hydrogens is 320 g/mol. The Kier molecular flexibility index (Phi) is 8.71. The van der Waals surface area contributed by atoms with Crippen molar-refractivity contribution in [1.29, 1.82) is 0 Å². The predicted molar refractivity (Wildman–Crippen MR) is 111 cm³/mol. The summed E-state index contributed by atoms with van der Waals surface area (Å²) >= 11 is 0. The van der Waals surface area contributed by atoms with Gasteiger partial charge in [0.05, 0.1) is 0 Å². The lowest BCUT2D eigenvalue weighted by atomic mass is 9.84. The first-order valence-corrected chi connectivity index (χ1v) is 9.56. The number of carbonyl (C=O) groups is 2. The largest absolute Gasteiger partial charge is 0.289 e. The van der Waals surface area contributed by atoms with Gasteiger partial charge in [0, 0.05) is 22.3 Å². The standard InChI is InChI=1S/C24H34O2/c1-16(2)10-8-11-17(3)12-9-13-18(4)14-15-22-21(7)23(25)19(5)20(6)24(22)26/h10,12,14H,8-9,11,13,15H2,1-7H3/b17-12+,18-14+. The quantitative estimate of drug-likeness (QED) is 0.363. The fourth-order valence-electron chi connectivity index (χ4n) is 3.02. The van der Waals surface area contributed by atoms with Crippen LogP contribution >= 0.6 is 0 Å². The maximum absolute atomic E-state index is 12.4. The van der Waals surface area contributed by atoms with Gasteiger partial charge in [0.15, 0.2) is 11.6 Å². The molecule has 2 heteroatoms. The van der Waals surface area contributed by atoms with E-state index in [2.05, 4.69) is 45.9 Å². The number of hydrogen-bond donors (Lipinski definition) is 0. The molecule has 0 heterocycles. The van der Waals surface area contributed by atoms with E-state index in [1.807, 2.05) is 0 Å². The summed E-state index contributed by atoms with van der Waals surface area (Å²) in [4.78, 5) is 24.7. The molecule has 0 bridgehead atoms. The third-order valence-electron chi connectivity index (χ3n) is 5.09. The van der Waals surface area contributed by atoms with Crippen molar-refractivity contribution in [2.75, 3.05) is 0 Å². The molecular formula is C24H34O2. The zero-order chi connectivity index (χ0) is 19.9. The van der Waals surface area contributed by atoms with Gasteiger partial charge in [-0.05, 0) is 80.6 Å². The van der Waals surface area contributed by atoms with Crippen LogP contribution in [0.4, 0.5) is 0 Å². The van der Waals surface area contributed by atoms with Crippen molar-refractivity contribution in [2.24, 2.45) is 0 Å². The minimum absolute atomic E-state index is 0.0121. The number of allylic oxidation sites excluding steroid dienone is 10. The van der Waals surface area contributed by atoms with E-state index >= 15 is 0 Å². The molecule has 0 aromatic heterocycles. The second-order valence-corrected chi connectivity index (χ2v) is 7.68. The molecule has 0 aliphatic heterocycles. The summed E-state index contributed by atoms with van der Waals surface area (Å²) in [5, 5.41) is 0. The van der Waals surface area contributed by atoms with Crippen molar-refractivity contribution in [3.8, 4) is 0 Å². The molecule has 1 aliphatic rings. The highest BCUT2D eigenvalue weighted by Gasteiger charge is 2.26. The fourth-order valence-corrected chi connectivity index (χ4v) is 3.02. The molecule has 0 spiro atoms. The minimum atomic E-state index is 0.0121. The fraction of sp³-hybridized carbons (Fsp3) is 0.500. The van der Waals surface area contributed by atoms with Gasteiger partial charge in [0.1, 0.15) is 0 Å². The molecule has 0 aromatic carbocycles. The van der Waals surface area contributed by atoms with E-state index in [0.717, 1.165) is 25.7 Å². The summed E-state index contributed by atoms with van der Waals surface area (Å²) in [5.74, 6) is 0.0386. The molecule has 2 nitrogen and oxygen atoms in total. The Morgan fingerprint density at radius 1 is 0.692 bits per heavy atom. The van der Waals surface area contributed by atoms with Gasteiger partial charge in [-0.2, -0.15) is 0 Å². The number of hydrogen-bond acceptors (Lipinski definition) is 2. The zero-order valence-electron chi connectivity index (χ0n) is 17.6. The Morgan fingerprint density at radius 3 is 1.77 bits per heavy atom. The molecule has 0 saturated heterocycles. The smallest absolute Gasteiger partial charge is 0.185 e. The first-order chi connectivity index (χ1) is 12.1. The summed E-state index contributed by atoms with van der Waals surface area (Å²) in [5.41, 5.74) is 6.52. The highest BCUT2D eigenvalue weighted by molar-refractivity contribution is 6.24. The van der Waals surface area contributed by atoms with E-state index in [1.54, 1.807) is 20.8 Å².